The maximum atomic E-state index is 14.1. The van der Waals surface area contributed by atoms with Gasteiger partial charge in [0.1, 0.15) is 17.3 Å². The molecule has 1 atom stereocenters. The number of hydrogen-bond acceptors (Lipinski definition) is 4. The predicted molar refractivity (Wildman–Crippen MR) is 95.3 cm³/mol. The number of nitrogens with zero attached hydrogens (tertiary/aromatic N) is 3. The fourth-order valence-corrected chi connectivity index (χ4v) is 2.56. The molecule has 0 aliphatic carbocycles. The summed E-state index contributed by atoms with van der Waals surface area (Å²) in [5.41, 5.74) is 0.943. The van der Waals surface area contributed by atoms with E-state index in [9.17, 15) is 14.3 Å². The van der Waals surface area contributed by atoms with Gasteiger partial charge in [0, 0.05) is 18.7 Å². The van der Waals surface area contributed by atoms with Gasteiger partial charge in [0.15, 0.2) is 0 Å². The zero-order valence-corrected chi connectivity index (χ0v) is 15.0. The fourth-order valence-electron chi connectivity index (χ4n) is 2.56. The van der Waals surface area contributed by atoms with Gasteiger partial charge in [0.25, 0.3) is 0 Å². The van der Waals surface area contributed by atoms with Gasteiger partial charge in [-0.15, -0.1) is 0 Å². The average Bonchev–Trinajstić information content (AvgIpc) is 2.86. The Labute approximate surface area is 147 Å². The van der Waals surface area contributed by atoms with Crippen molar-refractivity contribution in [2.24, 2.45) is 0 Å². The van der Waals surface area contributed by atoms with Gasteiger partial charge in [-0.25, -0.2) is 9.07 Å². The molecule has 2 rings (SSSR count). The lowest BCUT2D eigenvalue weighted by atomic mass is 10.2. The number of anilines is 1. The second-order valence-electron chi connectivity index (χ2n) is 6.45. The third kappa shape index (κ3) is 5.11. The molecule has 1 unspecified atom stereocenters. The molecular weight excluding hydrogens is 323 g/mol. The highest BCUT2D eigenvalue weighted by atomic mass is 19.1. The monoisotopic (exact) mass is 348 g/mol. The Balaban J connectivity index is 2.18. The van der Waals surface area contributed by atoms with Crippen LogP contribution in [0.15, 0.2) is 30.3 Å². The number of aliphatic hydroxyl groups excluding tert-OH is 1. The van der Waals surface area contributed by atoms with E-state index in [4.69, 9.17) is 0 Å². The van der Waals surface area contributed by atoms with Gasteiger partial charge in [0.2, 0.25) is 5.91 Å². The quantitative estimate of drug-likeness (QED) is 0.806. The lowest BCUT2D eigenvalue weighted by Crippen LogP contribution is -2.42. The van der Waals surface area contributed by atoms with E-state index in [1.54, 1.807) is 38.1 Å². The summed E-state index contributed by atoms with van der Waals surface area (Å²) in [5.74, 6) is -0.251. The maximum Gasteiger partial charge on any atom is 0.239 e. The van der Waals surface area contributed by atoms with Crippen LogP contribution >= 0.6 is 0 Å². The van der Waals surface area contributed by atoms with Crippen LogP contribution in [0.4, 0.5) is 10.2 Å². The molecule has 0 radical (unpaired) electrons. The third-order valence-corrected chi connectivity index (χ3v) is 3.76. The van der Waals surface area contributed by atoms with Crippen LogP contribution in [0.2, 0.25) is 0 Å². The molecule has 0 saturated heterocycles. The average molecular weight is 348 g/mol. The standard InChI is InChI=1S/C18H25FN4O2/c1-12(2)22(10-14(4)24)11-18(25)20-17-9-13(3)21-23(17)16-8-6-5-7-15(16)19/h5-9,12,14,24H,10-11H2,1-4H3,(H,20,25). The SMILES string of the molecule is Cc1cc(NC(=O)CN(CC(C)O)C(C)C)n(-c2ccccc2F)n1. The van der Waals surface area contributed by atoms with Gasteiger partial charge < -0.3 is 10.4 Å². The van der Waals surface area contributed by atoms with Crippen LogP contribution in [0.3, 0.4) is 0 Å². The Morgan fingerprint density at radius 1 is 1.36 bits per heavy atom. The number of para-hydroxylation sites is 1. The van der Waals surface area contributed by atoms with Gasteiger partial charge in [-0.3, -0.25) is 9.69 Å². The van der Waals surface area contributed by atoms with E-state index in [1.807, 2.05) is 18.7 Å². The van der Waals surface area contributed by atoms with Crippen molar-refractivity contribution in [3.63, 3.8) is 0 Å². The highest BCUT2D eigenvalue weighted by Gasteiger charge is 2.18. The largest absolute Gasteiger partial charge is 0.392 e. The number of benzene rings is 1. The fraction of sp³-hybridized carbons (Fsp3) is 0.444. The first-order valence-corrected chi connectivity index (χ1v) is 8.31. The van der Waals surface area contributed by atoms with Crippen molar-refractivity contribution < 1.29 is 14.3 Å². The molecule has 2 N–H and O–H groups in total. The highest BCUT2D eigenvalue weighted by molar-refractivity contribution is 5.91. The summed E-state index contributed by atoms with van der Waals surface area (Å²) in [6.45, 7) is 7.92. The van der Waals surface area contributed by atoms with E-state index < -0.39 is 11.9 Å². The molecule has 0 saturated carbocycles. The number of hydrogen-bond donors (Lipinski definition) is 2. The van der Waals surface area contributed by atoms with Crippen molar-refractivity contribution in [2.75, 3.05) is 18.4 Å². The summed E-state index contributed by atoms with van der Waals surface area (Å²) in [4.78, 5) is 14.3. The molecule has 0 spiro atoms. The van der Waals surface area contributed by atoms with Crippen LogP contribution in [-0.4, -0.2) is 50.9 Å². The molecule has 0 aliphatic rings. The first-order valence-electron chi connectivity index (χ1n) is 8.31. The van der Waals surface area contributed by atoms with E-state index in [2.05, 4.69) is 10.4 Å². The lowest BCUT2D eigenvalue weighted by molar-refractivity contribution is -0.118. The summed E-state index contributed by atoms with van der Waals surface area (Å²) in [6, 6.07) is 8.07. The number of amides is 1. The number of aliphatic hydroxyl groups is 1. The zero-order valence-electron chi connectivity index (χ0n) is 15.0. The zero-order chi connectivity index (χ0) is 18.6. The van der Waals surface area contributed by atoms with Crippen LogP contribution in [0.25, 0.3) is 5.69 Å². The van der Waals surface area contributed by atoms with Crippen molar-refractivity contribution in [1.29, 1.82) is 0 Å². The van der Waals surface area contributed by atoms with E-state index in [1.165, 1.54) is 10.7 Å². The third-order valence-electron chi connectivity index (χ3n) is 3.76. The van der Waals surface area contributed by atoms with Gasteiger partial charge in [-0.05, 0) is 39.8 Å². The van der Waals surface area contributed by atoms with E-state index in [0.717, 1.165) is 0 Å². The summed E-state index contributed by atoms with van der Waals surface area (Å²) < 4.78 is 15.4. The van der Waals surface area contributed by atoms with Crippen LogP contribution in [0.5, 0.6) is 0 Å². The van der Waals surface area contributed by atoms with Gasteiger partial charge >= 0.3 is 0 Å². The van der Waals surface area contributed by atoms with Crippen LogP contribution in [-0.2, 0) is 4.79 Å². The number of aryl methyl sites for hydroxylation is 1. The summed E-state index contributed by atoms with van der Waals surface area (Å²) in [7, 11) is 0. The van der Waals surface area contributed by atoms with E-state index in [-0.39, 0.29) is 24.2 Å². The molecule has 25 heavy (non-hydrogen) atoms. The summed E-state index contributed by atoms with van der Waals surface area (Å²) >= 11 is 0. The Morgan fingerprint density at radius 2 is 2.04 bits per heavy atom. The van der Waals surface area contributed by atoms with Crippen LogP contribution < -0.4 is 5.32 Å². The molecule has 1 aromatic carbocycles. The normalized spacial score (nSPS) is 12.6. The molecular formula is C18H25FN4O2. The molecule has 136 valence electrons. The predicted octanol–water partition coefficient (Wildman–Crippen LogP) is 2.35. The number of halogens is 1. The summed E-state index contributed by atoms with van der Waals surface area (Å²) in [6.07, 6.45) is -0.526. The second-order valence-corrected chi connectivity index (χ2v) is 6.45. The first-order chi connectivity index (χ1) is 11.8. The van der Waals surface area contributed by atoms with Gasteiger partial charge in [-0.1, -0.05) is 12.1 Å². The molecule has 1 heterocycles. The summed E-state index contributed by atoms with van der Waals surface area (Å²) in [5, 5.41) is 16.6. The smallest absolute Gasteiger partial charge is 0.239 e. The molecule has 6 nitrogen and oxygen atoms in total. The number of aromatic nitrogens is 2. The molecule has 1 amide bonds. The number of rotatable bonds is 7. The van der Waals surface area contributed by atoms with Crippen molar-refractivity contribution >= 4 is 11.7 Å². The van der Waals surface area contributed by atoms with Gasteiger partial charge in [0.05, 0.1) is 18.3 Å². The molecule has 0 aliphatic heterocycles. The minimum atomic E-state index is -0.526. The first kappa shape index (κ1) is 19.1. The van der Waals surface area contributed by atoms with Gasteiger partial charge in [-0.2, -0.15) is 5.10 Å². The minimum Gasteiger partial charge on any atom is -0.392 e. The van der Waals surface area contributed by atoms with E-state index >= 15 is 0 Å². The Hall–Kier alpha value is -2.25. The van der Waals surface area contributed by atoms with Crippen molar-refractivity contribution in [1.82, 2.24) is 14.7 Å². The van der Waals surface area contributed by atoms with Crippen molar-refractivity contribution in [2.45, 2.75) is 39.8 Å². The lowest BCUT2D eigenvalue weighted by Gasteiger charge is -2.26. The molecule has 7 heteroatoms. The van der Waals surface area contributed by atoms with E-state index in [0.29, 0.717) is 18.1 Å². The molecule has 1 aromatic heterocycles. The van der Waals surface area contributed by atoms with Crippen LogP contribution in [0, 0.1) is 12.7 Å². The Bertz CT molecular complexity index is 728. The number of carbonyl (C=O) groups is 1. The number of nitrogens with one attached hydrogen (secondary N) is 1. The van der Waals surface area contributed by atoms with Crippen molar-refractivity contribution in [3.8, 4) is 5.69 Å². The second kappa shape index (κ2) is 8.22. The molecule has 2 aromatic rings. The topological polar surface area (TPSA) is 70.4 Å². The number of carbonyl (C=O) groups excluding carboxylic acids is 1. The highest BCUT2D eigenvalue weighted by Crippen LogP contribution is 2.19. The Kier molecular flexibility index (Phi) is 6.27. The minimum absolute atomic E-state index is 0.110. The molecule has 0 bridgehead atoms. The maximum absolute atomic E-state index is 14.1. The van der Waals surface area contributed by atoms with Crippen molar-refractivity contribution in [3.05, 3.63) is 41.8 Å². The molecule has 0 fully saturated rings. The van der Waals surface area contributed by atoms with Crippen LogP contribution in [0.1, 0.15) is 26.5 Å². The Morgan fingerprint density at radius 3 is 2.64 bits per heavy atom.